The number of sulfonamides is 1. The molecule has 5 heteroatoms. The molecular weight excluding hydrogens is 212 g/mol. The molecule has 0 aromatic rings. The second-order valence-corrected chi connectivity index (χ2v) is 6.39. The summed E-state index contributed by atoms with van der Waals surface area (Å²) < 4.78 is 25.8. The van der Waals surface area contributed by atoms with E-state index in [1.54, 1.807) is 0 Å². The average Bonchev–Trinajstić information content (AvgIpc) is 2.87. The number of nitrogens with two attached hydrogens (primary N) is 1. The van der Waals surface area contributed by atoms with E-state index in [2.05, 4.69) is 4.72 Å². The Labute approximate surface area is 92.7 Å². The molecular formula is C10H22N2O2S. The molecule has 0 aliphatic heterocycles. The van der Waals surface area contributed by atoms with E-state index in [0.717, 1.165) is 18.8 Å². The maximum atomic E-state index is 11.6. The summed E-state index contributed by atoms with van der Waals surface area (Å²) in [4.78, 5) is 0. The third kappa shape index (κ3) is 6.12. The minimum absolute atomic E-state index is 0.0837. The molecule has 0 bridgehead atoms. The van der Waals surface area contributed by atoms with Gasteiger partial charge in [-0.3, -0.25) is 0 Å². The van der Waals surface area contributed by atoms with Crippen LogP contribution in [0, 0.1) is 5.92 Å². The average molecular weight is 234 g/mol. The number of hydrogen-bond acceptors (Lipinski definition) is 3. The Morgan fingerprint density at radius 3 is 2.60 bits per heavy atom. The normalized spacial score (nSPS) is 19.1. The summed E-state index contributed by atoms with van der Waals surface area (Å²) in [6.45, 7) is 2.51. The molecule has 4 nitrogen and oxygen atoms in total. The lowest BCUT2D eigenvalue weighted by molar-refractivity contribution is 0.528. The zero-order chi connectivity index (χ0) is 11.3. The van der Waals surface area contributed by atoms with Crippen molar-refractivity contribution in [3.8, 4) is 0 Å². The van der Waals surface area contributed by atoms with Crippen LogP contribution in [0.25, 0.3) is 0 Å². The van der Waals surface area contributed by atoms with Crippen LogP contribution in [0.5, 0.6) is 0 Å². The molecule has 1 fully saturated rings. The van der Waals surface area contributed by atoms with E-state index in [1.807, 2.05) is 6.92 Å². The van der Waals surface area contributed by atoms with Gasteiger partial charge in [-0.05, 0) is 38.6 Å². The van der Waals surface area contributed by atoms with Crippen molar-refractivity contribution < 1.29 is 8.42 Å². The van der Waals surface area contributed by atoms with Crippen LogP contribution in [-0.2, 0) is 10.0 Å². The van der Waals surface area contributed by atoms with Crippen molar-refractivity contribution in [2.75, 3.05) is 12.3 Å². The number of hydrogen-bond donors (Lipinski definition) is 2. The summed E-state index contributed by atoms with van der Waals surface area (Å²) in [6.07, 6.45) is 4.94. The van der Waals surface area contributed by atoms with Crippen molar-refractivity contribution >= 4 is 10.0 Å². The van der Waals surface area contributed by atoms with Crippen LogP contribution in [0.1, 0.15) is 39.0 Å². The predicted octanol–water partition coefficient (Wildman–Crippen LogP) is 0.833. The van der Waals surface area contributed by atoms with Gasteiger partial charge in [0.15, 0.2) is 0 Å². The van der Waals surface area contributed by atoms with Crippen LogP contribution < -0.4 is 10.5 Å². The maximum absolute atomic E-state index is 11.6. The molecule has 90 valence electrons. The first-order valence-electron chi connectivity index (χ1n) is 5.73. The molecule has 0 heterocycles. The summed E-state index contributed by atoms with van der Waals surface area (Å²) in [6, 6.07) is 0.0837. The smallest absolute Gasteiger partial charge is 0.211 e. The van der Waals surface area contributed by atoms with Gasteiger partial charge >= 0.3 is 0 Å². The molecule has 1 aliphatic rings. The van der Waals surface area contributed by atoms with Crippen LogP contribution in [0.15, 0.2) is 0 Å². The Kier molecular flexibility index (Phi) is 5.02. The number of unbranched alkanes of at least 4 members (excludes halogenated alkanes) is 1. The fraction of sp³-hybridized carbons (Fsp3) is 1.00. The van der Waals surface area contributed by atoms with Crippen LogP contribution in [-0.4, -0.2) is 26.8 Å². The third-order valence-electron chi connectivity index (χ3n) is 2.63. The van der Waals surface area contributed by atoms with Crippen LogP contribution in [0.3, 0.4) is 0 Å². The largest absolute Gasteiger partial charge is 0.330 e. The first-order valence-corrected chi connectivity index (χ1v) is 7.39. The standard InChI is InChI=1S/C10H22N2O2S/c1-9(8-10-4-5-10)12-15(13,14)7-3-2-6-11/h9-10,12H,2-8,11H2,1H3. The summed E-state index contributed by atoms with van der Waals surface area (Å²) in [5.74, 6) is 0.964. The second-order valence-electron chi connectivity index (χ2n) is 4.51. The third-order valence-corrected chi connectivity index (χ3v) is 4.22. The maximum Gasteiger partial charge on any atom is 0.211 e. The SMILES string of the molecule is CC(CC1CC1)NS(=O)(=O)CCCCN. The molecule has 1 rings (SSSR count). The lowest BCUT2D eigenvalue weighted by Crippen LogP contribution is -2.34. The van der Waals surface area contributed by atoms with Gasteiger partial charge < -0.3 is 5.73 Å². The van der Waals surface area contributed by atoms with Crippen molar-refractivity contribution in [1.82, 2.24) is 4.72 Å². The molecule has 3 N–H and O–H groups in total. The van der Waals surface area contributed by atoms with Crippen molar-refractivity contribution in [2.45, 2.75) is 45.1 Å². The summed E-state index contributed by atoms with van der Waals surface area (Å²) in [5, 5.41) is 0. The van der Waals surface area contributed by atoms with E-state index in [0.29, 0.717) is 13.0 Å². The summed E-state index contributed by atoms with van der Waals surface area (Å²) >= 11 is 0. The highest BCUT2D eigenvalue weighted by Gasteiger charge is 2.25. The molecule has 0 saturated heterocycles. The van der Waals surface area contributed by atoms with Gasteiger partial charge in [-0.2, -0.15) is 0 Å². The molecule has 1 aliphatic carbocycles. The molecule has 0 amide bonds. The lowest BCUT2D eigenvalue weighted by atomic mass is 10.2. The monoisotopic (exact) mass is 234 g/mol. The van der Waals surface area contributed by atoms with Crippen molar-refractivity contribution in [2.24, 2.45) is 11.7 Å². The topological polar surface area (TPSA) is 72.2 Å². The molecule has 0 aromatic heterocycles. The van der Waals surface area contributed by atoms with Gasteiger partial charge in [-0.1, -0.05) is 12.8 Å². The van der Waals surface area contributed by atoms with Gasteiger partial charge in [-0.15, -0.1) is 0 Å². The van der Waals surface area contributed by atoms with Gasteiger partial charge in [0.05, 0.1) is 5.75 Å². The van der Waals surface area contributed by atoms with Gasteiger partial charge in [-0.25, -0.2) is 13.1 Å². The first-order chi connectivity index (χ1) is 7.03. The van der Waals surface area contributed by atoms with Crippen LogP contribution >= 0.6 is 0 Å². The molecule has 0 spiro atoms. The van der Waals surface area contributed by atoms with E-state index >= 15 is 0 Å². The highest BCUT2D eigenvalue weighted by molar-refractivity contribution is 7.89. The molecule has 1 unspecified atom stereocenters. The zero-order valence-corrected chi connectivity index (χ0v) is 10.2. The Morgan fingerprint density at radius 1 is 1.40 bits per heavy atom. The van der Waals surface area contributed by atoms with Crippen LogP contribution in [0.4, 0.5) is 0 Å². The fourth-order valence-electron chi connectivity index (χ4n) is 1.70. The summed E-state index contributed by atoms with van der Waals surface area (Å²) in [7, 11) is -3.08. The molecule has 0 radical (unpaired) electrons. The minimum Gasteiger partial charge on any atom is -0.330 e. The van der Waals surface area contributed by atoms with Gasteiger partial charge in [0.25, 0.3) is 0 Å². The Balaban J connectivity index is 2.20. The second kappa shape index (κ2) is 5.82. The Hall–Kier alpha value is -0.130. The molecule has 0 aromatic carbocycles. The quantitative estimate of drug-likeness (QED) is 0.611. The lowest BCUT2D eigenvalue weighted by Gasteiger charge is -2.13. The Bertz CT molecular complexity index is 273. The van der Waals surface area contributed by atoms with E-state index in [1.165, 1.54) is 12.8 Å². The van der Waals surface area contributed by atoms with Crippen molar-refractivity contribution in [1.29, 1.82) is 0 Å². The number of rotatable bonds is 8. The molecule has 15 heavy (non-hydrogen) atoms. The minimum atomic E-state index is -3.08. The van der Waals surface area contributed by atoms with Gasteiger partial charge in [0, 0.05) is 6.04 Å². The Morgan fingerprint density at radius 2 is 2.07 bits per heavy atom. The van der Waals surface area contributed by atoms with Gasteiger partial charge in [0.2, 0.25) is 10.0 Å². The van der Waals surface area contributed by atoms with E-state index in [-0.39, 0.29) is 11.8 Å². The fourth-order valence-corrected chi connectivity index (χ4v) is 3.11. The first kappa shape index (κ1) is 12.9. The van der Waals surface area contributed by atoms with E-state index in [9.17, 15) is 8.42 Å². The number of nitrogens with one attached hydrogen (secondary N) is 1. The molecule has 1 saturated carbocycles. The van der Waals surface area contributed by atoms with Crippen LogP contribution in [0.2, 0.25) is 0 Å². The highest BCUT2D eigenvalue weighted by atomic mass is 32.2. The van der Waals surface area contributed by atoms with Crippen molar-refractivity contribution in [3.63, 3.8) is 0 Å². The zero-order valence-electron chi connectivity index (χ0n) is 9.41. The highest BCUT2D eigenvalue weighted by Crippen LogP contribution is 2.33. The van der Waals surface area contributed by atoms with E-state index in [4.69, 9.17) is 5.73 Å². The predicted molar refractivity (Wildman–Crippen MR) is 62.0 cm³/mol. The van der Waals surface area contributed by atoms with Crippen molar-refractivity contribution in [3.05, 3.63) is 0 Å². The van der Waals surface area contributed by atoms with E-state index < -0.39 is 10.0 Å². The molecule has 1 atom stereocenters. The summed E-state index contributed by atoms with van der Waals surface area (Å²) in [5.41, 5.74) is 5.32. The van der Waals surface area contributed by atoms with Gasteiger partial charge in [0.1, 0.15) is 0 Å².